The summed E-state index contributed by atoms with van der Waals surface area (Å²) in [5.74, 6) is 0.417. The van der Waals surface area contributed by atoms with Crippen molar-refractivity contribution in [3.8, 4) is 0 Å². The van der Waals surface area contributed by atoms with Gasteiger partial charge in [0.25, 0.3) is 0 Å². The predicted molar refractivity (Wildman–Crippen MR) is 102 cm³/mol. The van der Waals surface area contributed by atoms with Crippen LogP contribution in [-0.4, -0.2) is 24.5 Å². The van der Waals surface area contributed by atoms with E-state index in [-0.39, 0.29) is 0 Å². The molecule has 1 fully saturated rings. The van der Waals surface area contributed by atoms with Crippen LogP contribution in [0.5, 0.6) is 0 Å². The molecule has 1 heteroatoms. The minimum atomic E-state index is 0.417. The van der Waals surface area contributed by atoms with E-state index < -0.39 is 0 Å². The summed E-state index contributed by atoms with van der Waals surface area (Å²) in [5, 5.41) is 0. The van der Waals surface area contributed by atoms with Gasteiger partial charge in [0, 0.05) is 12.0 Å². The molecule has 2 aromatic carbocycles. The van der Waals surface area contributed by atoms with Crippen LogP contribution in [0.25, 0.3) is 0 Å². The zero-order valence-electron chi connectivity index (χ0n) is 14.6. The Morgan fingerprint density at radius 1 is 0.958 bits per heavy atom. The zero-order chi connectivity index (χ0) is 16.4. The van der Waals surface area contributed by atoms with Gasteiger partial charge < -0.3 is 4.90 Å². The van der Waals surface area contributed by atoms with Crippen LogP contribution < -0.4 is 0 Å². The van der Waals surface area contributed by atoms with Crippen molar-refractivity contribution in [3.05, 3.63) is 82.9 Å². The number of hydrogen-bond donors (Lipinski definition) is 0. The molecule has 0 spiro atoms. The van der Waals surface area contributed by atoms with Crippen LogP contribution in [-0.2, 0) is 6.42 Å². The highest BCUT2D eigenvalue weighted by atomic mass is 15.1. The second kappa shape index (κ2) is 6.94. The lowest BCUT2D eigenvalue weighted by Gasteiger charge is -2.32. The molecule has 24 heavy (non-hydrogen) atoms. The maximum absolute atomic E-state index is 2.54. The first-order valence-electron chi connectivity index (χ1n) is 9.35. The van der Waals surface area contributed by atoms with Gasteiger partial charge in [0.05, 0.1) is 0 Å². The largest absolute Gasteiger partial charge is 0.303 e. The van der Waals surface area contributed by atoms with E-state index in [0.717, 1.165) is 12.5 Å². The Balaban J connectivity index is 1.59. The van der Waals surface area contributed by atoms with Crippen molar-refractivity contribution in [2.24, 2.45) is 0 Å². The maximum Gasteiger partial charge on any atom is 0.0275 e. The first-order chi connectivity index (χ1) is 11.8. The summed E-state index contributed by atoms with van der Waals surface area (Å²) in [6, 6.07) is 18.6. The van der Waals surface area contributed by atoms with Crippen molar-refractivity contribution in [1.29, 1.82) is 0 Å². The second-order valence-corrected chi connectivity index (χ2v) is 7.35. The molecule has 1 aliphatic heterocycles. The van der Waals surface area contributed by atoms with E-state index in [1.165, 1.54) is 54.5 Å². The van der Waals surface area contributed by atoms with Crippen LogP contribution in [0.2, 0.25) is 0 Å². The standard InChI is InChI=1S/C23H27N/c1-24-16-7-6-11-20(24)12-8-15-23-21-13-4-2-9-18(21)17-19-10-3-5-14-22(19)23/h2-5,8-10,13-15,20,23H,6-7,11-12,16-17H2,1H3/b15-8+. The van der Waals surface area contributed by atoms with Crippen molar-refractivity contribution < 1.29 is 0 Å². The minimum Gasteiger partial charge on any atom is -0.303 e. The zero-order valence-corrected chi connectivity index (χ0v) is 14.6. The fourth-order valence-corrected chi connectivity index (χ4v) is 4.39. The van der Waals surface area contributed by atoms with E-state index in [1.54, 1.807) is 0 Å². The number of allylic oxidation sites excluding steroid dienone is 1. The van der Waals surface area contributed by atoms with Gasteiger partial charge in [0.15, 0.2) is 0 Å². The molecule has 0 saturated carbocycles. The summed E-state index contributed by atoms with van der Waals surface area (Å²) in [6.07, 6.45) is 11.2. The minimum absolute atomic E-state index is 0.417. The summed E-state index contributed by atoms with van der Waals surface area (Å²) < 4.78 is 0. The lowest BCUT2D eigenvalue weighted by atomic mass is 9.78. The number of nitrogens with zero attached hydrogens (tertiary/aromatic N) is 1. The van der Waals surface area contributed by atoms with Crippen LogP contribution in [0.15, 0.2) is 60.7 Å². The topological polar surface area (TPSA) is 3.24 Å². The number of fused-ring (bicyclic) bond motifs is 2. The Morgan fingerprint density at radius 3 is 2.29 bits per heavy atom. The van der Waals surface area contributed by atoms with Crippen molar-refractivity contribution in [2.45, 2.75) is 44.1 Å². The molecule has 0 amide bonds. The van der Waals surface area contributed by atoms with Crippen LogP contribution >= 0.6 is 0 Å². The SMILES string of the molecule is CN1CCCCC1C/C=C/C1c2ccccc2Cc2ccccc21. The van der Waals surface area contributed by atoms with Gasteiger partial charge in [-0.1, -0.05) is 67.1 Å². The average molecular weight is 317 g/mol. The van der Waals surface area contributed by atoms with Crippen LogP contribution in [0, 0.1) is 0 Å². The molecule has 1 atom stereocenters. The third-order valence-corrected chi connectivity index (χ3v) is 5.82. The summed E-state index contributed by atoms with van der Waals surface area (Å²) >= 11 is 0. The van der Waals surface area contributed by atoms with Gasteiger partial charge in [-0.2, -0.15) is 0 Å². The Bertz CT molecular complexity index is 685. The molecule has 1 nitrogen and oxygen atoms in total. The molecule has 1 aliphatic carbocycles. The van der Waals surface area contributed by atoms with Gasteiger partial charge in [-0.05, 0) is 61.5 Å². The molecule has 124 valence electrons. The van der Waals surface area contributed by atoms with Gasteiger partial charge in [0.2, 0.25) is 0 Å². The molecule has 2 aliphatic rings. The molecule has 0 bridgehead atoms. The number of hydrogen-bond acceptors (Lipinski definition) is 1. The molecule has 2 aromatic rings. The van der Waals surface area contributed by atoms with Crippen LogP contribution in [0.4, 0.5) is 0 Å². The lowest BCUT2D eigenvalue weighted by molar-refractivity contribution is 0.187. The van der Waals surface area contributed by atoms with Crippen LogP contribution in [0.1, 0.15) is 53.9 Å². The van der Waals surface area contributed by atoms with Gasteiger partial charge in [-0.15, -0.1) is 0 Å². The molecule has 1 saturated heterocycles. The van der Waals surface area contributed by atoms with Crippen molar-refractivity contribution >= 4 is 0 Å². The lowest BCUT2D eigenvalue weighted by Crippen LogP contribution is -2.35. The van der Waals surface area contributed by atoms with Crippen LogP contribution in [0.3, 0.4) is 0 Å². The Labute approximate surface area is 146 Å². The molecule has 4 rings (SSSR count). The van der Waals surface area contributed by atoms with Gasteiger partial charge >= 0.3 is 0 Å². The molecule has 1 unspecified atom stereocenters. The van der Waals surface area contributed by atoms with Crippen molar-refractivity contribution in [1.82, 2.24) is 4.90 Å². The Morgan fingerprint density at radius 2 is 1.62 bits per heavy atom. The smallest absolute Gasteiger partial charge is 0.0275 e. The molecule has 0 N–H and O–H groups in total. The number of likely N-dealkylation sites (tertiary alicyclic amines) is 1. The fourth-order valence-electron chi connectivity index (χ4n) is 4.39. The highest BCUT2D eigenvalue weighted by molar-refractivity contribution is 5.51. The number of benzene rings is 2. The quantitative estimate of drug-likeness (QED) is 0.707. The summed E-state index contributed by atoms with van der Waals surface area (Å²) in [5.41, 5.74) is 5.95. The van der Waals surface area contributed by atoms with E-state index in [2.05, 4.69) is 72.6 Å². The predicted octanol–water partition coefficient (Wildman–Crippen LogP) is 5.15. The van der Waals surface area contributed by atoms with Gasteiger partial charge in [-0.3, -0.25) is 0 Å². The summed E-state index contributed by atoms with van der Waals surface area (Å²) in [4.78, 5) is 2.54. The second-order valence-electron chi connectivity index (χ2n) is 7.35. The molecular weight excluding hydrogens is 290 g/mol. The normalized spacial score (nSPS) is 21.6. The number of piperidine rings is 1. The monoisotopic (exact) mass is 317 g/mol. The van der Waals surface area contributed by atoms with E-state index in [4.69, 9.17) is 0 Å². The first kappa shape index (κ1) is 15.7. The van der Waals surface area contributed by atoms with E-state index in [0.29, 0.717) is 5.92 Å². The van der Waals surface area contributed by atoms with Gasteiger partial charge in [0.1, 0.15) is 0 Å². The van der Waals surface area contributed by atoms with Crippen molar-refractivity contribution in [3.63, 3.8) is 0 Å². The van der Waals surface area contributed by atoms with E-state index in [1.807, 2.05) is 0 Å². The van der Waals surface area contributed by atoms with E-state index >= 15 is 0 Å². The number of rotatable bonds is 3. The molecule has 0 aromatic heterocycles. The third kappa shape index (κ3) is 3.06. The molecular formula is C23H27N. The maximum atomic E-state index is 2.54. The summed E-state index contributed by atoms with van der Waals surface area (Å²) in [7, 11) is 2.28. The van der Waals surface area contributed by atoms with Gasteiger partial charge in [-0.25, -0.2) is 0 Å². The Hall–Kier alpha value is -1.86. The Kier molecular flexibility index (Phi) is 4.53. The fraction of sp³-hybridized carbons (Fsp3) is 0.391. The van der Waals surface area contributed by atoms with E-state index in [9.17, 15) is 0 Å². The highest BCUT2D eigenvalue weighted by Gasteiger charge is 2.23. The molecule has 1 heterocycles. The first-order valence-corrected chi connectivity index (χ1v) is 9.35. The highest BCUT2D eigenvalue weighted by Crippen LogP contribution is 2.37. The molecule has 0 radical (unpaired) electrons. The average Bonchev–Trinajstić information content (AvgIpc) is 2.62. The van der Waals surface area contributed by atoms with Crippen molar-refractivity contribution in [2.75, 3.05) is 13.6 Å². The summed E-state index contributed by atoms with van der Waals surface area (Å²) in [6.45, 7) is 1.26. The third-order valence-electron chi connectivity index (χ3n) is 5.82.